The molecule has 0 fully saturated rings. The van der Waals surface area contributed by atoms with E-state index in [-0.39, 0.29) is 11.9 Å². The van der Waals surface area contributed by atoms with E-state index in [4.69, 9.17) is 0 Å². The van der Waals surface area contributed by atoms with Crippen molar-refractivity contribution in [1.82, 2.24) is 15.1 Å². The van der Waals surface area contributed by atoms with Crippen molar-refractivity contribution in [2.24, 2.45) is 13.0 Å². The molecule has 0 spiro atoms. The number of alkyl halides is 1. The molecule has 1 aromatic rings. The fourth-order valence-corrected chi connectivity index (χ4v) is 2.11. The van der Waals surface area contributed by atoms with Crippen LogP contribution in [0.3, 0.4) is 0 Å². The van der Waals surface area contributed by atoms with Gasteiger partial charge in [-0.15, -0.1) is 0 Å². The molecule has 5 heteroatoms. The molecule has 0 aliphatic rings. The molecule has 4 nitrogen and oxygen atoms in total. The number of nitrogens with zero attached hydrogens (tertiary/aromatic N) is 2. The zero-order valence-electron chi connectivity index (χ0n) is 10.8. The molecule has 2 atom stereocenters. The van der Waals surface area contributed by atoms with E-state index < -0.39 is 0 Å². The zero-order chi connectivity index (χ0) is 13.0. The lowest BCUT2D eigenvalue weighted by molar-refractivity contribution is 0.0930. The van der Waals surface area contributed by atoms with Gasteiger partial charge in [0.2, 0.25) is 0 Å². The Bertz CT molecular complexity index is 389. The van der Waals surface area contributed by atoms with Gasteiger partial charge in [0, 0.05) is 24.6 Å². The normalized spacial score (nSPS) is 14.4. The quantitative estimate of drug-likeness (QED) is 0.847. The van der Waals surface area contributed by atoms with Crippen molar-refractivity contribution in [2.45, 2.75) is 33.2 Å². The molecule has 1 amide bonds. The van der Waals surface area contributed by atoms with Gasteiger partial charge < -0.3 is 5.32 Å². The Labute approximate surface area is 111 Å². The predicted octanol–water partition coefficient (Wildman–Crippen LogP) is 2.13. The van der Waals surface area contributed by atoms with Crippen molar-refractivity contribution in [1.29, 1.82) is 0 Å². The van der Waals surface area contributed by atoms with Gasteiger partial charge in [-0.05, 0) is 19.3 Å². The first kappa shape index (κ1) is 14.2. The predicted molar refractivity (Wildman–Crippen MR) is 72.5 cm³/mol. The fourth-order valence-electron chi connectivity index (χ4n) is 1.55. The SMILES string of the molecule is CCc1nn(C)cc1C(=O)NC(C)C(C)CBr. The lowest BCUT2D eigenvalue weighted by Gasteiger charge is -2.19. The van der Waals surface area contributed by atoms with Crippen molar-refractivity contribution < 1.29 is 4.79 Å². The lowest BCUT2D eigenvalue weighted by atomic mass is 10.1. The van der Waals surface area contributed by atoms with Crippen LogP contribution in [0.1, 0.15) is 36.8 Å². The maximum atomic E-state index is 12.1. The number of carbonyl (C=O) groups is 1. The van der Waals surface area contributed by atoms with Gasteiger partial charge in [-0.25, -0.2) is 0 Å². The first-order valence-corrected chi connectivity index (χ1v) is 7.01. The smallest absolute Gasteiger partial charge is 0.254 e. The summed E-state index contributed by atoms with van der Waals surface area (Å²) in [4.78, 5) is 12.1. The Balaban J connectivity index is 2.75. The second-order valence-corrected chi connectivity index (χ2v) is 5.06. The van der Waals surface area contributed by atoms with Crippen LogP contribution < -0.4 is 5.32 Å². The summed E-state index contributed by atoms with van der Waals surface area (Å²) in [6, 6.07) is 0.145. The standard InChI is InChI=1S/C12H20BrN3O/c1-5-11-10(7-16(4)15-11)12(17)14-9(3)8(2)6-13/h7-9H,5-6H2,1-4H3,(H,14,17). The summed E-state index contributed by atoms with van der Waals surface area (Å²) in [6.07, 6.45) is 2.55. The molecule has 0 aliphatic carbocycles. The zero-order valence-corrected chi connectivity index (χ0v) is 12.4. The topological polar surface area (TPSA) is 46.9 Å². The van der Waals surface area contributed by atoms with E-state index in [1.165, 1.54) is 0 Å². The average molecular weight is 302 g/mol. The van der Waals surface area contributed by atoms with Crippen molar-refractivity contribution in [2.75, 3.05) is 5.33 Å². The third-order valence-electron chi connectivity index (χ3n) is 2.94. The molecule has 96 valence electrons. The van der Waals surface area contributed by atoms with E-state index >= 15 is 0 Å². The largest absolute Gasteiger partial charge is 0.349 e. The Morgan fingerprint density at radius 1 is 1.59 bits per heavy atom. The van der Waals surface area contributed by atoms with Gasteiger partial charge in [0.05, 0.1) is 11.3 Å². The average Bonchev–Trinajstić information content (AvgIpc) is 2.69. The molecule has 0 saturated heterocycles. The van der Waals surface area contributed by atoms with Crippen LogP contribution in [-0.4, -0.2) is 27.1 Å². The minimum Gasteiger partial charge on any atom is -0.349 e. The Morgan fingerprint density at radius 3 is 2.76 bits per heavy atom. The second kappa shape index (κ2) is 6.19. The highest BCUT2D eigenvalue weighted by Gasteiger charge is 2.18. The highest BCUT2D eigenvalue weighted by Crippen LogP contribution is 2.10. The van der Waals surface area contributed by atoms with E-state index in [0.29, 0.717) is 11.5 Å². The molecule has 0 aliphatic heterocycles. The van der Waals surface area contributed by atoms with E-state index in [0.717, 1.165) is 17.4 Å². The molecule has 1 heterocycles. The number of amides is 1. The van der Waals surface area contributed by atoms with Crippen LogP contribution in [0.5, 0.6) is 0 Å². The first-order chi connectivity index (χ1) is 7.99. The number of rotatable bonds is 5. The molecule has 17 heavy (non-hydrogen) atoms. The summed E-state index contributed by atoms with van der Waals surface area (Å²) in [6.45, 7) is 6.12. The number of aryl methyl sites for hydroxylation is 2. The maximum Gasteiger partial charge on any atom is 0.254 e. The number of aromatic nitrogens is 2. The Hall–Kier alpha value is -0.840. The molecule has 0 aromatic carbocycles. The molecule has 0 radical (unpaired) electrons. The van der Waals surface area contributed by atoms with Crippen LogP contribution >= 0.6 is 15.9 Å². The van der Waals surface area contributed by atoms with Crippen molar-refractivity contribution in [3.05, 3.63) is 17.5 Å². The lowest BCUT2D eigenvalue weighted by Crippen LogP contribution is -2.37. The maximum absolute atomic E-state index is 12.1. The summed E-state index contributed by atoms with van der Waals surface area (Å²) in [5.41, 5.74) is 1.53. The van der Waals surface area contributed by atoms with Gasteiger partial charge >= 0.3 is 0 Å². The van der Waals surface area contributed by atoms with Crippen LogP contribution in [0.15, 0.2) is 6.20 Å². The van der Waals surface area contributed by atoms with Crippen molar-refractivity contribution >= 4 is 21.8 Å². The molecule has 0 bridgehead atoms. The van der Waals surface area contributed by atoms with Crippen LogP contribution in [0.2, 0.25) is 0 Å². The van der Waals surface area contributed by atoms with Gasteiger partial charge in [-0.3, -0.25) is 9.48 Å². The number of hydrogen-bond acceptors (Lipinski definition) is 2. The first-order valence-electron chi connectivity index (χ1n) is 5.88. The van der Waals surface area contributed by atoms with E-state index in [2.05, 4.69) is 33.3 Å². The molecule has 1 rings (SSSR count). The number of nitrogens with one attached hydrogen (secondary N) is 1. The van der Waals surface area contributed by atoms with Crippen molar-refractivity contribution in [3.8, 4) is 0 Å². The number of hydrogen-bond donors (Lipinski definition) is 1. The summed E-state index contributed by atoms with van der Waals surface area (Å²) in [5, 5.41) is 8.16. The van der Waals surface area contributed by atoms with E-state index in [1.807, 2.05) is 20.9 Å². The molecule has 0 saturated carbocycles. The van der Waals surface area contributed by atoms with E-state index in [9.17, 15) is 4.79 Å². The van der Waals surface area contributed by atoms with Gasteiger partial charge in [0.1, 0.15) is 0 Å². The fraction of sp³-hybridized carbons (Fsp3) is 0.667. The van der Waals surface area contributed by atoms with Gasteiger partial charge in [0.15, 0.2) is 0 Å². The minimum absolute atomic E-state index is 0.0322. The van der Waals surface area contributed by atoms with Gasteiger partial charge in [-0.1, -0.05) is 29.8 Å². The van der Waals surface area contributed by atoms with Crippen LogP contribution in [-0.2, 0) is 13.5 Å². The molecule has 1 N–H and O–H groups in total. The van der Waals surface area contributed by atoms with E-state index in [1.54, 1.807) is 10.9 Å². The second-order valence-electron chi connectivity index (χ2n) is 4.41. The summed E-state index contributed by atoms with van der Waals surface area (Å²) < 4.78 is 1.69. The number of carbonyl (C=O) groups excluding carboxylic acids is 1. The van der Waals surface area contributed by atoms with Gasteiger partial charge in [0.25, 0.3) is 5.91 Å². The van der Waals surface area contributed by atoms with Crippen LogP contribution in [0.25, 0.3) is 0 Å². The summed E-state index contributed by atoms with van der Waals surface area (Å²) in [7, 11) is 1.83. The van der Waals surface area contributed by atoms with Crippen LogP contribution in [0.4, 0.5) is 0 Å². The third kappa shape index (κ3) is 3.56. The minimum atomic E-state index is -0.0322. The van der Waals surface area contributed by atoms with Gasteiger partial charge in [-0.2, -0.15) is 5.10 Å². The van der Waals surface area contributed by atoms with Crippen LogP contribution in [0, 0.1) is 5.92 Å². The molecule has 2 unspecified atom stereocenters. The third-order valence-corrected chi connectivity index (χ3v) is 3.96. The molecule has 1 aromatic heterocycles. The Morgan fingerprint density at radius 2 is 2.24 bits per heavy atom. The molecular formula is C12H20BrN3O. The molecular weight excluding hydrogens is 282 g/mol. The highest BCUT2D eigenvalue weighted by atomic mass is 79.9. The highest BCUT2D eigenvalue weighted by molar-refractivity contribution is 9.09. The van der Waals surface area contributed by atoms with Crippen molar-refractivity contribution in [3.63, 3.8) is 0 Å². The Kier molecular flexibility index (Phi) is 5.18. The number of halogens is 1. The summed E-state index contributed by atoms with van der Waals surface area (Å²) in [5.74, 6) is 0.371. The monoisotopic (exact) mass is 301 g/mol. The summed E-state index contributed by atoms with van der Waals surface area (Å²) >= 11 is 3.43.